The van der Waals surface area contributed by atoms with Crippen LogP contribution in [-0.2, 0) is 6.42 Å². The van der Waals surface area contributed by atoms with Crippen molar-refractivity contribution >= 4 is 28.4 Å². The van der Waals surface area contributed by atoms with Crippen molar-refractivity contribution in [3.63, 3.8) is 0 Å². The van der Waals surface area contributed by atoms with Crippen molar-refractivity contribution in [3.8, 4) is 5.75 Å². The molecule has 1 aliphatic rings. The minimum atomic E-state index is -0.561. The van der Waals surface area contributed by atoms with Crippen LogP contribution in [0.1, 0.15) is 50.8 Å². The summed E-state index contributed by atoms with van der Waals surface area (Å²) in [6.45, 7) is 1.81. The fraction of sp³-hybridized carbons (Fsp3) is 0.154. The fourth-order valence-corrected chi connectivity index (χ4v) is 4.03. The second-order valence-corrected chi connectivity index (χ2v) is 7.82. The van der Waals surface area contributed by atoms with Gasteiger partial charge in [0.15, 0.2) is 0 Å². The van der Waals surface area contributed by atoms with Crippen molar-refractivity contribution in [1.82, 2.24) is 10.4 Å². The van der Waals surface area contributed by atoms with Crippen molar-refractivity contribution in [2.45, 2.75) is 26.2 Å². The van der Waals surface area contributed by atoms with Gasteiger partial charge < -0.3 is 9.15 Å². The molecule has 1 amide bonds. The highest BCUT2D eigenvalue weighted by atomic mass is 16.5. The fourth-order valence-electron chi connectivity index (χ4n) is 4.03. The molecule has 33 heavy (non-hydrogen) atoms. The molecule has 0 fully saturated rings. The lowest BCUT2D eigenvalue weighted by Gasteiger charge is -2.13. The first-order valence-corrected chi connectivity index (χ1v) is 10.7. The van der Waals surface area contributed by atoms with Gasteiger partial charge in [0.1, 0.15) is 17.2 Å². The highest BCUT2D eigenvalue weighted by Crippen LogP contribution is 2.31. The molecule has 0 aliphatic heterocycles. The van der Waals surface area contributed by atoms with E-state index in [1.165, 1.54) is 0 Å². The SMILES string of the molecule is Cc1c(C(=O)Oc2ccc3ccccc3c2)oc2c1/C(=N/NC(=O)c1ccccn1)CCC2. The average molecular weight is 439 g/mol. The van der Waals surface area contributed by atoms with E-state index in [9.17, 15) is 9.59 Å². The van der Waals surface area contributed by atoms with Crippen LogP contribution in [0.25, 0.3) is 10.8 Å². The van der Waals surface area contributed by atoms with Gasteiger partial charge in [0, 0.05) is 23.7 Å². The highest BCUT2D eigenvalue weighted by Gasteiger charge is 2.29. The zero-order chi connectivity index (χ0) is 22.8. The number of hydrogen-bond acceptors (Lipinski definition) is 6. The van der Waals surface area contributed by atoms with Gasteiger partial charge >= 0.3 is 5.97 Å². The lowest BCUT2D eigenvalue weighted by molar-refractivity contribution is 0.0698. The zero-order valence-electron chi connectivity index (χ0n) is 18.0. The summed E-state index contributed by atoms with van der Waals surface area (Å²) >= 11 is 0. The number of benzene rings is 2. The van der Waals surface area contributed by atoms with Crippen LogP contribution in [0.15, 0.2) is 76.4 Å². The van der Waals surface area contributed by atoms with Gasteiger partial charge in [-0.15, -0.1) is 0 Å². The lowest BCUT2D eigenvalue weighted by Crippen LogP contribution is -2.22. The Balaban J connectivity index is 1.38. The molecule has 2 heterocycles. The largest absolute Gasteiger partial charge is 0.453 e. The Kier molecular flexibility index (Phi) is 5.44. The van der Waals surface area contributed by atoms with Gasteiger partial charge in [-0.2, -0.15) is 5.10 Å². The Labute approximate surface area is 190 Å². The van der Waals surface area contributed by atoms with Crippen molar-refractivity contribution < 1.29 is 18.7 Å². The third kappa shape index (κ3) is 4.13. The Morgan fingerprint density at radius 3 is 2.67 bits per heavy atom. The van der Waals surface area contributed by atoms with Gasteiger partial charge in [-0.25, -0.2) is 10.2 Å². The number of hydrazone groups is 1. The number of carbonyl (C=O) groups is 2. The van der Waals surface area contributed by atoms with Crippen LogP contribution < -0.4 is 10.2 Å². The number of furan rings is 1. The molecule has 4 aromatic rings. The van der Waals surface area contributed by atoms with Gasteiger partial charge in [-0.3, -0.25) is 9.78 Å². The second kappa shape index (κ2) is 8.70. The average Bonchev–Trinajstić information content (AvgIpc) is 3.20. The summed E-state index contributed by atoms with van der Waals surface area (Å²) < 4.78 is 11.5. The lowest BCUT2D eigenvalue weighted by atomic mass is 9.93. The maximum absolute atomic E-state index is 12.9. The minimum absolute atomic E-state index is 0.152. The Hall–Kier alpha value is -4.26. The summed E-state index contributed by atoms with van der Waals surface area (Å²) in [6, 6.07) is 18.5. The third-order valence-corrected chi connectivity index (χ3v) is 5.63. The van der Waals surface area contributed by atoms with Crippen molar-refractivity contribution in [3.05, 3.63) is 95.2 Å². The molecule has 1 N–H and O–H groups in total. The topological polar surface area (TPSA) is 93.8 Å². The summed E-state index contributed by atoms with van der Waals surface area (Å²) in [6.07, 6.45) is 3.70. The van der Waals surface area contributed by atoms with Crippen molar-refractivity contribution in [2.24, 2.45) is 5.10 Å². The smallest absolute Gasteiger partial charge is 0.379 e. The number of esters is 1. The standard InChI is InChI=1S/C26H21N3O4/c1-16-23-20(28-29-25(30)21-9-4-5-14-27-21)10-6-11-22(23)33-24(16)26(31)32-19-13-12-17-7-2-3-8-18(17)15-19/h2-5,7-9,12-15H,6,10-11H2,1H3,(H,29,30)/b28-20+. The summed E-state index contributed by atoms with van der Waals surface area (Å²) in [7, 11) is 0. The molecule has 0 spiro atoms. The molecular weight excluding hydrogens is 418 g/mol. The number of rotatable bonds is 4. The molecule has 7 heteroatoms. The molecule has 164 valence electrons. The van der Waals surface area contributed by atoms with Crippen molar-refractivity contribution in [2.75, 3.05) is 0 Å². The van der Waals surface area contributed by atoms with E-state index in [1.807, 2.05) is 36.4 Å². The van der Waals surface area contributed by atoms with E-state index in [0.717, 1.165) is 22.8 Å². The first-order chi connectivity index (χ1) is 16.1. The van der Waals surface area contributed by atoms with E-state index in [-0.39, 0.29) is 11.5 Å². The van der Waals surface area contributed by atoms with Crippen LogP contribution in [0.5, 0.6) is 5.75 Å². The number of ether oxygens (including phenoxy) is 1. The quantitative estimate of drug-likeness (QED) is 0.279. The number of carbonyl (C=O) groups excluding carboxylic acids is 2. The van der Waals surface area contributed by atoms with E-state index < -0.39 is 11.9 Å². The summed E-state index contributed by atoms with van der Waals surface area (Å²) in [5, 5.41) is 6.37. The van der Waals surface area contributed by atoms with E-state index in [4.69, 9.17) is 9.15 Å². The van der Waals surface area contributed by atoms with Crippen LogP contribution in [-0.4, -0.2) is 22.6 Å². The Morgan fingerprint density at radius 1 is 1.03 bits per heavy atom. The number of nitrogens with one attached hydrogen (secondary N) is 1. The van der Waals surface area contributed by atoms with Crippen LogP contribution in [0.2, 0.25) is 0 Å². The van der Waals surface area contributed by atoms with Gasteiger partial charge in [-0.05, 0) is 54.8 Å². The molecule has 0 bridgehead atoms. The highest BCUT2D eigenvalue weighted by molar-refractivity contribution is 6.06. The molecular formula is C26H21N3O4. The molecule has 7 nitrogen and oxygen atoms in total. The number of aromatic nitrogens is 1. The zero-order valence-corrected chi connectivity index (χ0v) is 18.0. The van der Waals surface area contributed by atoms with Crippen LogP contribution in [0, 0.1) is 6.92 Å². The second-order valence-electron chi connectivity index (χ2n) is 7.82. The van der Waals surface area contributed by atoms with Crippen LogP contribution >= 0.6 is 0 Å². The number of fused-ring (bicyclic) bond motifs is 2. The number of pyridine rings is 1. The first kappa shape index (κ1) is 20.6. The van der Waals surface area contributed by atoms with E-state index in [0.29, 0.717) is 35.6 Å². The van der Waals surface area contributed by atoms with Crippen molar-refractivity contribution in [1.29, 1.82) is 0 Å². The van der Waals surface area contributed by atoms with Crippen LogP contribution in [0.3, 0.4) is 0 Å². The van der Waals surface area contributed by atoms with E-state index in [1.54, 1.807) is 37.4 Å². The first-order valence-electron chi connectivity index (χ1n) is 10.7. The molecule has 0 saturated heterocycles. The monoisotopic (exact) mass is 439 g/mol. The molecule has 1 aliphatic carbocycles. The van der Waals surface area contributed by atoms with Crippen LogP contribution in [0.4, 0.5) is 0 Å². The predicted octanol–water partition coefficient (Wildman–Crippen LogP) is 4.83. The minimum Gasteiger partial charge on any atom is -0.453 e. The Morgan fingerprint density at radius 2 is 1.85 bits per heavy atom. The third-order valence-electron chi connectivity index (χ3n) is 5.63. The number of hydrogen-bond donors (Lipinski definition) is 1. The summed E-state index contributed by atoms with van der Waals surface area (Å²) in [4.78, 5) is 29.3. The van der Waals surface area contributed by atoms with E-state index >= 15 is 0 Å². The number of nitrogens with zero attached hydrogens (tertiary/aromatic N) is 2. The maximum atomic E-state index is 12.9. The van der Waals surface area contributed by atoms with Gasteiger partial charge in [0.2, 0.25) is 5.76 Å². The number of amides is 1. The molecule has 0 saturated carbocycles. The molecule has 5 rings (SSSR count). The molecule has 0 unspecified atom stereocenters. The normalized spacial score (nSPS) is 14.2. The number of aryl methyl sites for hydroxylation is 1. The van der Waals surface area contributed by atoms with E-state index in [2.05, 4.69) is 15.5 Å². The molecule has 2 aromatic carbocycles. The predicted molar refractivity (Wildman–Crippen MR) is 124 cm³/mol. The molecule has 0 atom stereocenters. The maximum Gasteiger partial charge on any atom is 0.379 e. The summed E-state index contributed by atoms with van der Waals surface area (Å²) in [5.41, 5.74) is 4.92. The Bertz CT molecular complexity index is 1390. The van der Waals surface area contributed by atoms with Gasteiger partial charge in [0.05, 0.1) is 5.71 Å². The summed E-state index contributed by atoms with van der Waals surface area (Å²) in [5.74, 6) is 0.319. The molecule has 2 aromatic heterocycles. The van der Waals surface area contributed by atoms with Gasteiger partial charge in [0.25, 0.3) is 5.91 Å². The van der Waals surface area contributed by atoms with Gasteiger partial charge in [-0.1, -0.05) is 36.4 Å². The molecule has 0 radical (unpaired) electrons.